The van der Waals surface area contributed by atoms with Crippen molar-refractivity contribution in [2.45, 2.75) is 19.3 Å². The summed E-state index contributed by atoms with van der Waals surface area (Å²) in [7, 11) is 0. The molecule has 0 fully saturated rings. The fraction of sp³-hybridized carbons (Fsp3) is 0.0769. The fourth-order valence-corrected chi connectivity index (χ4v) is 6.81. The van der Waals surface area contributed by atoms with Crippen molar-refractivity contribution in [3.05, 3.63) is 151 Å². The van der Waals surface area contributed by atoms with Crippen molar-refractivity contribution < 1.29 is 0 Å². The molecule has 0 atom stereocenters. The topological polar surface area (TPSA) is 3.24 Å². The molecule has 0 amide bonds. The zero-order valence-electron chi connectivity index (χ0n) is 22.7. The standard InChI is InChI=1S/C39H29N/c1-39(2)37-15-9-8-14-35(37)36-23-19-30(25-38(36)39)40(28-11-4-3-5-12-28)29-18-22-32-27(24-29)17-21-33-31-13-7-6-10-26(31)16-20-34(32)33/h3-25H,1-2H3. The summed E-state index contributed by atoms with van der Waals surface area (Å²) in [5.74, 6) is 0. The second kappa shape index (κ2) is 8.56. The van der Waals surface area contributed by atoms with Gasteiger partial charge in [0.25, 0.3) is 0 Å². The average Bonchev–Trinajstić information content (AvgIpc) is 3.23. The van der Waals surface area contributed by atoms with Crippen molar-refractivity contribution in [1.29, 1.82) is 0 Å². The minimum atomic E-state index is -0.0463. The molecule has 0 unspecified atom stereocenters. The van der Waals surface area contributed by atoms with Crippen LogP contribution in [-0.4, -0.2) is 0 Å². The Bertz CT molecular complexity index is 2080. The third kappa shape index (κ3) is 3.34. The lowest BCUT2D eigenvalue weighted by Crippen LogP contribution is -2.16. The molecule has 1 aliphatic carbocycles. The van der Waals surface area contributed by atoms with E-state index < -0.39 is 0 Å². The third-order valence-electron chi connectivity index (χ3n) is 8.82. The van der Waals surface area contributed by atoms with E-state index in [2.05, 4.69) is 158 Å². The second-order valence-corrected chi connectivity index (χ2v) is 11.4. The Morgan fingerprint density at radius 3 is 1.85 bits per heavy atom. The van der Waals surface area contributed by atoms with Crippen molar-refractivity contribution in [2.24, 2.45) is 0 Å². The van der Waals surface area contributed by atoms with Crippen molar-refractivity contribution in [3.8, 4) is 11.1 Å². The molecule has 190 valence electrons. The van der Waals surface area contributed by atoms with Crippen LogP contribution in [0, 0.1) is 0 Å². The van der Waals surface area contributed by atoms with Crippen molar-refractivity contribution >= 4 is 49.4 Å². The zero-order valence-corrected chi connectivity index (χ0v) is 22.7. The summed E-state index contributed by atoms with van der Waals surface area (Å²) in [5.41, 5.74) is 8.92. The van der Waals surface area contributed by atoms with Crippen molar-refractivity contribution in [2.75, 3.05) is 4.90 Å². The van der Waals surface area contributed by atoms with Crippen molar-refractivity contribution in [3.63, 3.8) is 0 Å². The van der Waals surface area contributed by atoms with Gasteiger partial charge >= 0.3 is 0 Å². The quantitative estimate of drug-likeness (QED) is 0.213. The lowest BCUT2D eigenvalue weighted by molar-refractivity contribution is 0.660. The van der Waals surface area contributed by atoms with Crippen LogP contribution in [0.3, 0.4) is 0 Å². The van der Waals surface area contributed by atoms with Gasteiger partial charge in [0.15, 0.2) is 0 Å². The Labute approximate surface area is 234 Å². The maximum Gasteiger partial charge on any atom is 0.0468 e. The Morgan fingerprint density at radius 2 is 1.00 bits per heavy atom. The van der Waals surface area contributed by atoms with E-state index in [1.807, 2.05) is 0 Å². The molecule has 0 N–H and O–H groups in total. The Hall–Kier alpha value is -4.88. The lowest BCUT2D eigenvalue weighted by Gasteiger charge is -2.28. The molecule has 8 rings (SSSR count). The molecule has 0 aromatic heterocycles. The summed E-state index contributed by atoms with van der Waals surface area (Å²) < 4.78 is 0. The number of benzene rings is 7. The molecule has 7 aromatic carbocycles. The fourth-order valence-electron chi connectivity index (χ4n) is 6.81. The van der Waals surface area contributed by atoms with Gasteiger partial charge in [0.05, 0.1) is 0 Å². The largest absolute Gasteiger partial charge is 0.310 e. The highest BCUT2D eigenvalue weighted by Crippen LogP contribution is 2.50. The van der Waals surface area contributed by atoms with Crippen LogP contribution in [0.1, 0.15) is 25.0 Å². The maximum absolute atomic E-state index is 2.40. The molecule has 7 aromatic rings. The number of rotatable bonds is 3. The van der Waals surface area contributed by atoms with Gasteiger partial charge in [0.2, 0.25) is 0 Å². The first-order valence-electron chi connectivity index (χ1n) is 14.0. The lowest BCUT2D eigenvalue weighted by atomic mass is 9.82. The van der Waals surface area contributed by atoms with Crippen LogP contribution in [0.5, 0.6) is 0 Å². The predicted molar refractivity (Wildman–Crippen MR) is 171 cm³/mol. The van der Waals surface area contributed by atoms with Gasteiger partial charge < -0.3 is 4.90 Å². The minimum Gasteiger partial charge on any atom is -0.310 e. The van der Waals surface area contributed by atoms with Crippen LogP contribution in [0.25, 0.3) is 43.4 Å². The number of nitrogens with zero attached hydrogens (tertiary/aromatic N) is 1. The first kappa shape index (κ1) is 23.0. The minimum absolute atomic E-state index is 0.0463. The summed E-state index contributed by atoms with van der Waals surface area (Å²) >= 11 is 0. The van der Waals surface area contributed by atoms with Gasteiger partial charge in [-0.05, 0) is 91.0 Å². The molecule has 0 saturated carbocycles. The summed E-state index contributed by atoms with van der Waals surface area (Å²) in [6, 6.07) is 51.2. The van der Waals surface area contributed by atoms with E-state index in [-0.39, 0.29) is 5.41 Å². The zero-order chi connectivity index (χ0) is 26.8. The highest BCUT2D eigenvalue weighted by atomic mass is 15.1. The van der Waals surface area contributed by atoms with E-state index in [4.69, 9.17) is 0 Å². The van der Waals surface area contributed by atoms with Gasteiger partial charge in [-0.25, -0.2) is 0 Å². The molecule has 0 aliphatic heterocycles. The number of hydrogen-bond acceptors (Lipinski definition) is 1. The van der Waals surface area contributed by atoms with E-state index in [0.717, 1.165) is 11.4 Å². The molecule has 0 bridgehead atoms. The normalized spacial score (nSPS) is 13.4. The van der Waals surface area contributed by atoms with Gasteiger partial charge in [0, 0.05) is 22.5 Å². The third-order valence-corrected chi connectivity index (χ3v) is 8.82. The molecule has 0 radical (unpaired) electrons. The molecule has 40 heavy (non-hydrogen) atoms. The first-order chi connectivity index (χ1) is 19.6. The first-order valence-corrected chi connectivity index (χ1v) is 14.0. The second-order valence-electron chi connectivity index (χ2n) is 11.4. The van der Waals surface area contributed by atoms with Gasteiger partial charge in [-0.3, -0.25) is 0 Å². The van der Waals surface area contributed by atoms with Crippen LogP contribution in [0.4, 0.5) is 17.1 Å². The van der Waals surface area contributed by atoms with E-state index in [0.29, 0.717) is 0 Å². The molecule has 0 heterocycles. The van der Waals surface area contributed by atoms with Gasteiger partial charge in [0.1, 0.15) is 0 Å². The summed E-state index contributed by atoms with van der Waals surface area (Å²) in [5, 5.41) is 7.71. The predicted octanol–water partition coefficient (Wildman–Crippen LogP) is 10.9. The van der Waals surface area contributed by atoms with E-state index in [1.54, 1.807) is 0 Å². The molecular weight excluding hydrogens is 482 g/mol. The molecule has 1 nitrogen and oxygen atoms in total. The molecule has 0 spiro atoms. The molecule has 1 aliphatic rings. The van der Waals surface area contributed by atoms with Crippen LogP contribution >= 0.6 is 0 Å². The van der Waals surface area contributed by atoms with E-state index in [1.165, 1.54) is 60.3 Å². The number of fused-ring (bicyclic) bond motifs is 8. The monoisotopic (exact) mass is 511 g/mol. The van der Waals surface area contributed by atoms with Crippen LogP contribution in [-0.2, 0) is 5.41 Å². The smallest absolute Gasteiger partial charge is 0.0468 e. The highest BCUT2D eigenvalue weighted by molar-refractivity contribution is 6.17. The van der Waals surface area contributed by atoms with Crippen molar-refractivity contribution in [1.82, 2.24) is 0 Å². The summed E-state index contributed by atoms with van der Waals surface area (Å²) in [6.07, 6.45) is 0. The van der Waals surface area contributed by atoms with Gasteiger partial charge in [-0.1, -0.05) is 117 Å². The highest BCUT2D eigenvalue weighted by Gasteiger charge is 2.35. The van der Waals surface area contributed by atoms with Gasteiger partial charge in [-0.15, -0.1) is 0 Å². The molecular formula is C39H29N. The SMILES string of the molecule is CC1(C)c2ccccc2-c2ccc(N(c3ccccc3)c3ccc4c(ccc5c6ccccc6ccc45)c3)cc21. The van der Waals surface area contributed by atoms with Crippen LogP contribution < -0.4 is 4.90 Å². The van der Waals surface area contributed by atoms with Gasteiger partial charge in [-0.2, -0.15) is 0 Å². The van der Waals surface area contributed by atoms with E-state index >= 15 is 0 Å². The molecule has 1 heteroatoms. The molecule has 0 saturated heterocycles. The number of anilines is 3. The maximum atomic E-state index is 2.40. The van der Waals surface area contributed by atoms with Crippen LogP contribution in [0.2, 0.25) is 0 Å². The number of hydrogen-bond donors (Lipinski definition) is 0. The van der Waals surface area contributed by atoms with E-state index in [9.17, 15) is 0 Å². The Morgan fingerprint density at radius 1 is 0.400 bits per heavy atom. The number of para-hydroxylation sites is 1. The summed E-state index contributed by atoms with van der Waals surface area (Å²) in [4.78, 5) is 2.39. The van der Waals surface area contributed by atoms with Crippen LogP contribution in [0.15, 0.2) is 140 Å². The average molecular weight is 512 g/mol. The Balaban J connectivity index is 1.31. The Kier molecular flexibility index (Phi) is 4.93. The summed E-state index contributed by atoms with van der Waals surface area (Å²) in [6.45, 7) is 4.69.